The van der Waals surface area contributed by atoms with Gasteiger partial charge in [0, 0.05) is 26.2 Å². The van der Waals surface area contributed by atoms with Crippen LogP contribution >= 0.6 is 39.0 Å². The number of carbonyl (C=O) groups is 1. The first kappa shape index (κ1) is 15.3. The van der Waals surface area contributed by atoms with Crippen molar-refractivity contribution in [2.45, 2.75) is 17.6 Å². The maximum atomic E-state index is 11.5. The summed E-state index contributed by atoms with van der Waals surface area (Å²) >= 11 is 6.42. The van der Waals surface area contributed by atoms with Gasteiger partial charge in [0.05, 0.1) is 12.3 Å². The van der Waals surface area contributed by atoms with Crippen molar-refractivity contribution in [2.75, 3.05) is 12.3 Å². The van der Waals surface area contributed by atoms with Crippen LogP contribution in [0.5, 0.6) is 0 Å². The molecule has 0 amide bonds. The molecule has 20 heavy (non-hydrogen) atoms. The SMILES string of the molecule is CCOC(=O)c1nc(CSc2ccc(N)cc2Br)cs1. The van der Waals surface area contributed by atoms with Crippen LogP contribution in [-0.4, -0.2) is 17.6 Å². The highest BCUT2D eigenvalue weighted by molar-refractivity contribution is 9.10. The number of aromatic nitrogens is 1. The number of thioether (sulfide) groups is 1. The number of ether oxygens (including phenoxy) is 1. The van der Waals surface area contributed by atoms with E-state index in [1.165, 1.54) is 11.3 Å². The summed E-state index contributed by atoms with van der Waals surface area (Å²) in [7, 11) is 0. The minimum absolute atomic E-state index is 0.359. The van der Waals surface area contributed by atoms with Crippen LogP contribution in [0, 0.1) is 0 Å². The predicted molar refractivity (Wildman–Crippen MR) is 86.2 cm³/mol. The van der Waals surface area contributed by atoms with Crippen molar-refractivity contribution >= 4 is 50.7 Å². The molecule has 0 bridgehead atoms. The Morgan fingerprint density at radius 1 is 1.55 bits per heavy atom. The zero-order valence-electron chi connectivity index (χ0n) is 10.8. The summed E-state index contributed by atoms with van der Waals surface area (Å²) in [4.78, 5) is 16.9. The van der Waals surface area contributed by atoms with Gasteiger partial charge in [-0.15, -0.1) is 23.1 Å². The summed E-state index contributed by atoms with van der Waals surface area (Å²) in [6.45, 7) is 2.14. The van der Waals surface area contributed by atoms with E-state index in [-0.39, 0.29) is 5.97 Å². The molecule has 1 aromatic carbocycles. The fourth-order valence-corrected chi connectivity index (χ4v) is 3.81. The molecule has 0 aliphatic rings. The van der Waals surface area contributed by atoms with Crippen LogP contribution in [-0.2, 0) is 10.5 Å². The summed E-state index contributed by atoms with van der Waals surface area (Å²) in [5.74, 6) is 0.334. The quantitative estimate of drug-likeness (QED) is 0.488. The zero-order valence-corrected chi connectivity index (χ0v) is 14.0. The van der Waals surface area contributed by atoms with E-state index in [0.29, 0.717) is 17.4 Å². The largest absolute Gasteiger partial charge is 0.461 e. The van der Waals surface area contributed by atoms with Crippen molar-refractivity contribution in [1.29, 1.82) is 0 Å². The molecule has 0 atom stereocenters. The fraction of sp³-hybridized carbons (Fsp3) is 0.231. The number of carbonyl (C=O) groups excluding carboxylic acids is 1. The number of rotatable bonds is 5. The number of nitrogens with two attached hydrogens (primary N) is 1. The highest BCUT2D eigenvalue weighted by Crippen LogP contribution is 2.31. The van der Waals surface area contributed by atoms with E-state index in [2.05, 4.69) is 20.9 Å². The summed E-state index contributed by atoms with van der Waals surface area (Å²) in [6, 6.07) is 5.69. The smallest absolute Gasteiger partial charge is 0.367 e. The van der Waals surface area contributed by atoms with Crippen molar-refractivity contribution in [3.8, 4) is 0 Å². The molecular formula is C13H13BrN2O2S2. The monoisotopic (exact) mass is 372 g/mol. The predicted octanol–water partition coefficient (Wildman–Crippen LogP) is 3.96. The number of hydrogen-bond donors (Lipinski definition) is 1. The van der Waals surface area contributed by atoms with E-state index >= 15 is 0 Å². The second-order valence-electron chi connectivity index (χ2n) is 3.84. The lowest BCUT2D eigenvalue weighted by atomic mass is 10.3. The number of nitrogens with zero attached hydrogens (tertiary/aromatic N) is 1. The standard InChI is InChI=1S/C13H13BrN2O2S2/c1-2-18-13(17)12-16-9(7-20-12)6-19-11-4-3-8(15)5-10(11)14/h3-5,7H,2,6,15H2,1H3. The Balaban J connectivity index is 1.99. The summed E-state index contributed by atoms with van der Waals surface area (Å²) in [6.07, 6.45) is 0. The Morgan fingerprint density at radius 3 is 3.05 bits per heavy atom. The molecule has 4 nitrogen and oxygen atoms in total. The summed E-state index contributed by atoms with van der Waals surface area (Å²) < 4.78 is 5.88. The molecule has 2 aromatic rings. The molecular weight excluding hydrogens is 360 g/mol. The number of anilines is 1. The molecule has 0 fully saturated rings. The minimum atomic E-state index is -0.359. The lowest BCUT2D eigenvalue weighted by Gasteiger charge is -2.03. The van der Waals surface area contributed by atoms with Crippen molar-refractivity contribution in [3.05, 3.63) is 38.8 Å². The third-order valence-electron chi connectivity index (χ3n) is 2.33. The van der Waals surface area contributed by atoms with Crippen LogP contribution < -0.4 is 5.73 Å². The van der Waals surface area contributed by atoms with Gasteiger partial charge in [-0.3, -0.25) is 0 Å². The van der Waals surface area contributed by atoms with Gasteiger partial charge in [0.15, 0.2) is 0 Å². The molecule has 0 saturated carbocycles. The van der Waals surface area contributed by atoms with Gasteiger partial charge in [-0.05, 0) is 41.1 Å². The fourth-order valence-electron chi connectivity index (χ4n) is 1.45. The third kappa shape index (κ3) is 3.97. The first-order valence-corrected chi connectivity index (χ1v) is 8.55. The molecule has 0 unspecified atom stereocenters. The van der Waals surface area contributed by atoms with Crippen LogP contribution in [0.4, 0.5) is 5.69 Å². The van der Waals surface area contributed by atoms with Gasteiger partial charge >= 0.3 is 5.97 Å². The first-order chi connectivity index (χ1) is 9.60. The molecule has 0 saturated heterocycles. The first-order valence-electron chi connectivity index (χ1n) is 5.89. The normalized spacial score (nSPS) is 10.5. The number of benzene rings is 1. The lowest BCUT2D eigenvalue weighted by molar-refractivity contribution is 0.0525. The Kier molecular flexibility index (Phi) is 5.45. The molecule has 1 heterocycles. The van der Waals surface area contributed by atoms with Crippen molar-refractivity contribution in [2.24, 2.45) is 0 Å². The second kappa shape index (κ2) is 7.10. The molecule has 0 aliphatic heterocycles. The molecule has 1 aromatic heterocycles. The van der Waals surface area contributed by atoms with Gasteiger partial charge in [0.2, 0.25) is 5.01 Å². The van der Waals surface area contributed by atoms with Gasteiger partial charge in [0.25, 0.3) is 0 Å². The van der Waals surface area contributed by atoms with Gasteiger partial charge in [-0.25, -0.2) is 9.78 Å². The van der Waals surface area contributed by atoms with Crippen LogP contribution in [0.25, 0.3) is 0 Å². The minimum Gasteiger partial charge on any atom is -0.461 e. The van der Waals surface area contributed by atoms with E-state index in [9.17, 15) is 4.79 Å². The number of halogens is 1. The molecule has 0 radical (unpaired) electrons. The molecule has 7 heteroatoms. The third-order valence-corrected chi connectivity index (χ3v) is 5.23. The number of esters is 1. The van der Waals surface area contributed by atoms with E-state index in [1.54, 1.807) is 18.7 Å². The van der Waals surface area contributed by atoms with Crippen molar-refractivity contribution in [3.63, 3.8) is 0 Å². The van der Waals surface area contributed by atoms with Gasteiger partial charge in [-0.1, -0.05) is 0 Å². The van der Waals surface area contributed by atoms with Gasteiger partial charge in [-0.2, -0.15) is 0 Å². The Hall–Kier alpha value is -1.05. The molecule has 2 rings (SSSR count). The van der Waals surface area contributed by atoms with Gasteiger partial charge in [0.1, 0.15) is 0 Å². The van der Waals surface area contributed by atoms with E-state index in [1.807, 2.05) is 23.6 Å². The highest BCUT2D eigenvalue weighted by atomic mass is 79.9. The lowest BCUT2D eigenvalue weighted by Crippen LogP contribution is -2.03. The molecule has 2 N–H and O–H groups in total. The van der Waals surface area contributed by atoms with Crippen LogP contribution in [0.15, 0.2) is 32.9 Å². The topological polar surface area (TPSA) is 65.2 Å². The van der Waals surface area contributed by atoms with Crippen LogP contribution in [0.1, 0.15) is 22.4 Å². The Morgan fingerprint density at radius 2 is 2.35 bits per heavy atom. The summed E-state index contributed by atoms with van der Waals surface area (Å²) in [5.41, 5.74) is 7.29. The van der Waals surface area contributed by atoms with Crippen molar-refractivity contribution < 1.29 is 9.53 Å². The Bertz CT molecular complexity index is 616. The summed E-state index contributed by atoms with van der Waals surface area (Å²) in [5, 5.41) is 2.28. The van der Waals surface area contributed by atoms with E-state index in [4.69, 9.17) is 10.5 Å². The number of thiazole rings is 1. The number of nitrogen functional groups attached to an aromatic ring is 1. The van der Waals surface area contributed by atoms with Crippen LogP contribution in [0.2, 0.25) is 0 Å². The number of hydrogen-bond acceptors (Lipinski definition) is 6. The molecule has 0 spiro atoms. The highest BCUT2D eigenvalue weighted by Gasteiger charge is 2.12. The molecule has 0 aliphatic carbocycles. The second-order valence-corrected chi connectivity index (χ2v) is 6.57. The average Bonchev–Trinajstić information content (AvgIpc) is 2.87. The average molecular weight is 373 g/mol. The molecule has 106 valence electrons. The van der Waals surface area contributed by atoms with E-state index in [0.717, 1.165) is 20.7 Å². The van der Waals surface area contributed by atoms with E-state index < -0.39 is 0 Å². The maximum absolute atomic E-state index is 11.5. The van der Waals surface area contributed by atoms with Crippen LogP contribution in [0.3, 0.4) is 0 Å². The van der Waals surface area contributed by atoms with Crippen molar-refractivity contribution in [1.82, 2.24) is 4.98 Å². The zero-order chi connectivity index (χ0) is 14.5. The Labute approximate surface area is 133 Å². The van der Waals surface area contributed by atoms with Gasteiger partial charge < -0.3 is 10.5 Å². The maximum Gasteiger partial charge on any atom is 0.367 e.